The van der Waals surface area contributed by atoms with Gasteiger partial charge in [-0.05, 0) is 112 Å². The number of hydrogen-bond acceptors (Lipinski definition) is 4. The third kappa shape index (κ3) is 4.08. The van der Waals surface area contributed by atoms with E-state index in [0.29, 0.717) is 0 Å². The third-order valence-corrected chi connectivity index (χ3v) is 6.16. The Kier molecular flexibility index (Phi) is 6.24. The van der Waals surface area contributed by atoms with Crippen molar-refractivity contribution in [3.8, 4) is 0 Å². The van der Waals surface area contributed by atoms with Crippen LogP contribution in [0.3, 0.4) is 0 Å². The zero-order valence-electron chi connectivity index (χ0n) is 14.7. The molecule has 4 aromatic rings. The minimum Gasteiger partial charge on any atom is -0.244 e. The van der Waals surface area contributed by atoms with Crippen molar-refractivity contribution in [3.05, 3.63) is 114 Å². The summed E-state index contributed by atoms with van der Waals surface area (Å²) in [7, 11) is 0. The third-order valence-electron chi connectivity index (χ3n) is 4.40. The molecule has 0 aliphatic rings. The quantitative estimate of drug-likeness (QED) is 0.233. The molecule has 0 saturated heterocycles. The molecule has 4 heterocycles. The highest BCUT2D eigenvalue weighted by Gasteiger charge is 2.44. The molecule has 0 aliphatic heterocycles. The molecule has 29 heavy (non-hydrogen) atoms. The Morgan fingerprint density at radius 2 is 0.655 bits per heavy atom. The first kappa shape index (κ1) is 20.8. The molecule has 0 aliphatic carbocycles. The lowest BCUT2D eigenvalue weighted by molar-refractivity contribution is 0.635. The molecule has 0 N–H and O–H groups in total. The Hall–Kier alpha value is -1.48. The molecule has 8 heteroatoms. The van der Waals surface area contributed by atoms with Crippen LogP contribution >= 0.6 is 63.7 Å². The lowest BCUT2D eigenvalue weighted by Crippen LogP contribution is -2.35. The van der Waals surface area contributed by atoms with Crippen LogP contribution in [0, 0.1) is 0 Å². The molecule has 4 aromatic heterocycles. The first-order chi connectivity index (χ1) is 14.0. The largest absolute Gasteiger partial charge is 0.244 e. The monoisotopic (exact) mass is 636 g/mol. The number of halogens is 4. The van der Waals surface area contributed by atoms with Crippen molar-refractivity contribution >= 4 is 63.7 Å². The highest BCUT2D eigenvalue weighted by Crippen LogP contribution is 2.43. The van der Waals surface area contributed by atoms with Gasteiger partial charge in [0.15, 0.2) is 0 Å². The molecule has 4 rings (SSSR count). The van der Waals surface area contributed by atoms with E-state index < -0.39 is 5.41 Å². The van der Waals surface area contributed by atoms with Crippen molar-refractivity contribution in [1.82, 2.24) is 19.9 Å². The summed E-state index contributed by atoms with van der Waals surface area (Å²) in [6.07, 6.45) is 0. The Morgan fingerprint density at radius 3 is 0.862 bits per heavy atom. The molecular weight excluding hydrogens is 628 g/mol. The number of pyridine rings is 4. The van der Waals surface area contributed by atoms with Crippen LogP contribution in [0.25, 0.3) is 0 Å². The number of rotatable bonds is 4. The molecule has 0 amide bonds. The van der Waals surface area contributed by atoms with Gasteiger partial charge in [-0.1, -0.05) is 24.3 Å². The lowest BCUT2D eigenvalue weighted by atomic mass is 9.73. The summed E-state index contributed by atoms with van der Waals surface area (Å²) in [5.74, 6) is 0. The second kappa shape index (κ2) is 8.71. The van der Waals surface area contributed by atoms with Gasteiger partial charge in [-0.15, -0.1) is 0 Å². The van der Waals surface area contributed by atoms with E-state index in [-0.39, 0.29) is 0 Å². The van der Waals surface area contributed by atoms with Gasteiger partial charge in [-0.3, -0.25) is 0 Å². The minimum absolute atomic E-state index is 0.722. The van der Waals surface area contributed by atoms with Gasteiger partial charge in [0.25, 0.3) is 0 Å². The first-order valence-electron chi connectivity index (χ1n) is 8.52. The van der Waals surface area contributed by atoms with Gasteiger partial charge in [0.05, 0.1) is 22.8 Å². The van der Waals surface area contributed by atoms with Gasteiger partial charge in [-0.2, -0.15) is 0 Å². The molecule has 0 fully saturated rings. The Bertz CT molecular complexity index is 995. The normalized spacial score (nSPS) is 11.4. The summed E-state index contributed by atoms with van der Waals surface area (Å²) in [4.78, 5) is 19.3. The summed E-state index contributed by atoms with van der Waals surface area (Å²) < 4.78 is 2.89. The van der Waals surface area contributed by atoms with E-state index >= 15 is 0 Å². The fraction of sp³-hybridized carbons (Fsp3) is 0.0476. The number of aromatic nitrogens is 4. The molecule has 144 valence electrons. The van der Waals surface area contributed by atoms with Crippen molar-refractivity contribution in [3.63, 3.8) is 0 Å². The van der Waals surface area contributed by atoms with Crippen LogP contribution in [0.1, 0.15) is 22.8 Å². The van der Waals surface area contributed by atoms with Gasteiger partial charge >= 0.3 is 0 Å². The second-order valence-electron chi connectivity index (χ2n) is 6.13. The molecule has 0 saturated carbocycles. The maximum Gasteiger partial charge on any atom is 0.139 e. The Balaban J connectivity index is 2.19. The molecule has 0 unspecified atom stereocenters. The summed E-state index contributed by atoms with van der Waals surface area (Å²) in [5.41, 5.74) is 2.10. The van der Waals surface area contributed by atoms with Crippen LogP contribution in [0.2, 0.25) is 0 Å². The van der Waals surface area contributed by atoms with Crippen LogP contribution in [0.4, 0.5) is 0 Å². The number of nitrogens with zero attached hydrogens (tertiary/aromatic N) is 4. The Morgan fingerprint density at radius 1 is 0.414 bits per heavy atom. The fourth-order valence-corrected chi connectivity index (χ4v) is 4.63. The molecule has 0 bridgehead atoms. The molecular formula is C21H12Br4N4. The van der Waals surface area contributed by atoms with Crippen molar-refractivity contribution in [2.45, 2.75) is 5.41 Å². The lowest BCUT2D eigenvalue weighted by Gasteiger charge is -2.32. The summed E-state index contributed by atoms with van der Waals surface area (Å²) in [5, 5.41) is 0. The van der Waals surface area contributed by atoms with E-state index in [0.717, 1.165) is 41.2 Å². The van der Waals surface area contributed by atoms with Gasteiger partial charge in [0.2, 0.25) is 0 Å². The molecule has 0 spiro atoms. The van der Waals surface area contributed by atoms with E-state index in [9.17, 15) is 0 Å². The van der Waals surface area contributed by atoms with Gasteiger partial charge < -0.3 is 0 Å². The van der Waals surface area contributed by atoms with E-state index in [1.165, 1.54) is 0 Å². The van der Waals surface area contributed by atoms with Crippen molar-refractivity contribution in [2.75, 3.05) is 0 Å². The minimum atomic E-state index is -0.929. The van der Waals surface area contributed by atoms with Gasteiger partial charge in [0.1, 0.15) is 23.8 Å². The maximum absolute atomic E-state index is 4.81. The zero-order valence-corrected chi connectivity index (χ0v) is 21.1. The van der Waals surface area contributed by atoms with E-state index in [2.05, 4.69) is 63.7 Å². The predicted molar refractivity (Wildman–Crippen MR) is 127 cm³/mol. The molecule has 0 radical (unpaired) electrons. The smallest absolute Gasteiger partial charge is 0.139 e. The Labute approximate surface area is 201 Å². The highest BCUT2D eigenvalue weighted by atomic mass is 79.9. The zero-order chi connectivity index (χ0) is 20.4. The molecule has 4 nitrogen and oxygen atoms in total. The highest BCUT2D eigenvalue weighted by molar-refractivity contribution is 9.11. The van der Waals surface area contributed by atoms with Crippen LogP contribution < -0.4 is 0 Å². The average Bonchev–Trinajstić information content (AvgIpc) is 2.69. The van der Waals surface area contributed by atoms with Crippen molar-refractivity contribution in [2.24, 2.45) is 0 Å². The molecule has 0 aromatic carbocycles. The van der Waals surface area contributed by atoms with Crippen LogP contribution in [0.5, 0.6) is 0 Å². The van der Waals surface area contributed by atoms with E-state index in [4.69, 9.17) is 19.9 Å². The van der Waals surface area contributed by atoms with Gasteiger partial charge in [-0.25, -0.2) is 19.9 Å². The molecule has 0 atom stereocenters. The fourth-order valence-electron chi connectivity index (χ4n) is 3.26. The average molecular weight is 640 g/mol. The SMILES string of the molecule is Brc1cccc(C(c2cccc(Br)n2)(c2cccc(Br)n2)c2cccc(Br)n2)n1. The van der Waals surface area contributed by atoms with Crippen LogP contribution in [-0.2, 0) is 5.41 Å². The summed E-state index contributed by atoms with van der Waals surface area (Å²) >= 11 is 14.1. The van der Waals surface area contributed by atoms with Crippen molar-refractivity contribution < 1.29 is 0 Å². The standard InChI is InChI=1S/C21H12Br4N4/c22-17-9-1-5-13(26-17)21(14-6-2-10-18(23)27-14,15-7-3-11-19(24)28-15)16-8-4-12-20(25)29-16/h1-12H. The van der Waals surface area contributed by atoms with Crippen molar-refractivity contribution in [1.29, 1.82) is 0 Å². The predicted octanol–water partition coefficient (Wildman–Crippen LogP) is 6.70. The van der Waals surface area contributed by atoms with Crippen LogP contribution in [-0.4, -0.2) is 19.9 Å². The topological polar surface area (TPSA) is 51.6 Å². The van der Waals surface area contributed by atoms with Crippen LogP contribution in [0.15, 0.2) is 91.2 Å². The van der Waals surface area contributed by atoms with E-state index in [1.807, 2.05) is 72.8 Å². The number of hydrogen-bond donors (Lipinski definition) is 0. The summed E-state index contributed by atoms with van der Waals surface area (Å²) in [6, 6.07) is 23.3. The first-order valence-corrected chi connectivity index (χ1v) is 11.7. The maximum atomic E-state index is 4.81. The summed E-state index contributed by atoms with van der Waals surface area (Å²) in [6.45, 7) is 0. The van der Waals surface area contributed by atoms with Gasteiger partial charge in [0, 0.05) is 0 Å². The second-order valence-corrected chi connectivity index (χ2v) is 9.38. The van der Waals surface area contributed by atoms with E-state index in [1.54, 1.807) is 0 Å².